The van der Waals surface area contributed by atoms with Crippen LogP contribution in [0.25, 0.3) is 0 Å². The second kappa shape index (κ2) is 5.87. The summed E-state index contributed by atoms with van der Waals surface area (Å²) in [6, 6.07) is 13.4. The smallest absolute Gasteiger partial charge is 0.0578 e. The Morgan fingerprint density at radius 2 is 1.94 bits per heavy atom. The molecule has 1 nitrogen and oxygen atoms in total. The van der Waals surface area contributed by atoms with Gasteiger partial charge in [0.25, 0.3) is 0 Å². The van der Waals surface area contributed by atoms with Crippen LogP contribution in [0.3, 0.4) is 0 Å². The van der Waals surface area contributed by atoms with E-state index in [4.69, 9.17) is 0 Å². The van der Waals surface area contributed by atoms with Crippen molar-refractivity contribution in [1.82, 2.24) is 0 Å². The summed E-state index contributed by atoms with van der Waals surface area (Å²) in [4.78, 5) is 1.38. The number of nitrogens with one attached hydrogen (secondary N) is 1. The maximum absolute atomic E-state index is 3.52. The molecule has 2 aromatic rings. The average Bonchev–Trinajstić information content (AvgIpc) is 2.86. The highest BCUT2D eigenvalue weighted by Gasteiger charge is 2.05. The number of hydrogen-bond acceptors (Lipinski definition) is 2. The van der Waals surface area contributed by atoms with Gasteiger partial charge in [-0.2, -0.15) is 0 Å². The SMILES string of the molecule is CCCc1ccc(NC(C)c2cccs2)cc1. The number of benzene rings is 1. The molecule has 0 aliphatic heterocycles. The Morgan fingerprint density at radius 3 is 2.53 bits per heavy atom. The van der Waals surface area contributed by atoms with E-state index in [9.17, 15) is 0 Å². The fourth-order valence-corrected chi connectivity index (χ4v) is 2.65. The molecule has 0 saturated carbocycles. The Hall–Kier alpha value is -1.28. The fourth-order valence-electron chi connectivity index (χ4n) is 1.92. The molecule has 2 rings (SSSR count). The minimum absolute atomic E-state index is 0.382. The first kappa shape index (κ1) is 12.2. The van der Waals surface area contributed by atoms with E-state index in [-0.39, 0.29) is 0 Å². The Balaban J connectivity index is 1.99. The quantitative estimate of drug-likeness (QED) is 0.792. The van der Waals surface area contributed by atoms with Gasteiger partial charge in [-0.25, -0.2) is 0 Å². The molecule has 0 radical (unpaired) electrons. The summed E-state index contributed by atoms with van der Waals surface area (Å²) in [5.74, 6) is 0. The van der Waals surface area contributed by atoms with Crippen LogP contribution < -0.4 is 5.32 Å². The second-order valence-corrected chi connectivity index (χ2v) is 5.31. The normalized spacial score (nSPS) is 12.4. The number of aryl methyl sites for hydroxylation is 1. The highest BCUT2D eigenvalue weighted by molar-refractivity contribution is 7.10. The van der Waals surface area contributed by atoms with Crippen LogP contribution in [-0.4, -0.2) is 0 Å². The molecule has 0 amide bonds. The molecule has 1 aromatic carbocycles. The highest BCUT2D eigenvalue weighted by atomic mass is 32.1. The minimum Gasteiger partial charge on any atom is -0.378 e. The van der Waals surface area contributed by atoms with Crippen molar-refractivity contribution < 1.29 is 0 Å². The van der Waals surface area contributed by atoms with E-state index in [0.717, 1.165) is 0 Å². The van der Waals surface area contributed by atoms with Crippen molar-refractivity contribution in [3.8, 4) is 0 Å². The predicted octanol–water partition coefficient (Wildman–Crippen LogP) is 4.87. The third-order valence-corrected chi connectivity index (χ3v) is 3.90. The zero-order valence-electron chi connectivity index (χ0n) is 10.4. The van der Waals surface area contributed by atoms with Gasteiger partial charge in [0.1, 0.15) is 0 Å². The molecule has 90 valence electrons. The maximum atomic E-state index is 3.52. The standard InChI is InChI=1S/C15H19NS/c1-3-5-13-7-9-14(10-8-13)16-12(2)15-6-4-11-17-15/h4,6-12,16H,3,5H2,1-2H3. The summed E-state index contributed by atoms with van der Waals surface area (Å²) in [6.07, 6.45) is 2.37. The zero-order valence-corrected chi connectivity index (χ0v) is 11.3. The van der Waals surface area contributed by atoms with Crippen molar-refractivity contribution in [2.45, 2.75) is 32.7 Å². The number of hydrogen-bond donors (Lipinski definition) is 1. The molecular formula is C15H19NS. The van der Waals surface area contributed by atoms with Crippen LogP contribution in [0.2, 0.25) is 0 Å². The van der Waals surface area contributed by atoms with Gasteiger partial charge in [0.2, 0.25) is 0 Å². The molecule has 0 saturated heterocycles. The number of thiophene rings is 1. The molecule has 0 fully saturated rings. The van der Waals surface area contributed by atoms with Crippen LogP contribution in [-0.2, 0) is 6.42 Å². The first-order valence-corrected chi connectivity index (χ1v) is 7.06. The lowest BCUT2D eigenvalue weighted by atomic mass is 10.1. The van der Waals surface area contributed by atoms with E-state index in [1.54, 1.807) is 11.3 Å². The molecule has 1 aromatic heterocycles. The van der Waals surface area contributed by atoms with Gasteiger partial charge in [0, 0.05) is 10.6 Å². The maximum Gasteiger partial charge on any atom is 0.0578 e. The molecule has 0 spiro atoms. The van der Waals surface area contributed by atoms with E-state index >= 15 is 0 Å². The van der Waals surface area contributed by atoms with Crippen LogP contribution in [0, 0.1) is 0 Å². The first-order chi connectivity index (χ1) is 8.29. The third kappa shape index (κ3) is 3.34. The van der Waals surface area contributed by atoms with Gasteiger partial charge < -0.3 is 5.32 Å². The molecule has 0 aliphatic rings. The Morgan fingerprint density at radius 1 is 1.18 bits per heavy atom. The van der Waals surface area contributed by atoms with E-state index < -0.39 is 0 Å². The van der Waals surface area contributed by atoms with Crippen LogP contribution in [0.15, 0.2) is 41.8 Å². The van der Waals surface area contributed by atoms with Crippen molar-refractivity contribution >= 4 is 17.0 Å². The molecule has 1 atom stereocenters. The summed E-state index contributed by atoms with van der Waals surface area (Å²) in [6.45, 7) is 4.41. The van der Waals surface area contributed by atoms with Crippen LogP contribution in [0.5, 0.6) is 0 Å². The molecule has 1 N–H and O–H groups in total. The molecule has 2 heteroatoms. The summed E-state index contributed by atoms with van der Waals surface area (Å²) < 4.78 is 0. The average molecular weight is 245 g/mol. The lowest BCUT2D eigenvalue weighted by Gasteiger charge is -2.14. The Kier molecular flexibility index (Phi) is 4.21. The van der Waals surface area contributed by atoms with Crippen molar-refractivity contribution in [2.24, 2.45) is 0 Å². The Bertz CT molecular complexity index is 430. The number of anilines is 1. The molecule has 0 bridgehead atoms. The van der Waals surface area contributed by atoms with Crippen molar-refractivity contribution in [3.05, 3.63) is 52.2 Å². The summed E-state index contributed by atoms with van der Waals surface area (Å²) in [7, 11) is 0. The van der Waals surface area contributed by atoms with Gasteiger partial charge in [0.15, 0.2) is 0 Å². The van der Waals surface area contributed by atoms with Gasteiger partial charge in [-0.1, -0.05) is 31.5 Å². The lowest BCUT2D eigenvalue weighted by molar-refractivity contribution is 0.903. The third-order valence-electron chi connectivity index (χ3n) is 2.85. The summed E-state index contributed by atoms with van der Waals surface area (Å²) in [5, 5.41) is 5.65. The number of rotatable bonds is 5. The van der Waals surface area contributed by atoms with E-state index in [1.807, 2.05) is 0 Å². The molecule has 17 heavy (non-hydrogen) atoms. The lowest BCUT2D eigenvalue weighted by Crippen LogP contribution is -2.04. The van der Waals surface area contributed by atoms with Gasteiger partial charge in [-0.3, -0.25) is 0 Å². The molecule has 0 aliphatic carbocycles. The molecule has 1 unspecified atom stereocenters. The summed E-state index contributed by atoms with van der Waals surface area (Å²) in [5.41, 5.74) is 2.62. The van der Waals surface area contributed by atoms with Crippen molar-refractivity contribution in [1.29, 1.82) is 0 Å². The Labute approximate surface area is 108 Å². The first-order valence-electron chi connectivity index (χ1n) is 6.18. The van der Waals surface area contributed by atoms with Crippen LogP contribution in [0.4, 0.5) is 5.69 Å². The van der Waals surface area contributed by atoms with Gasteiger partial charge in [0.05, 0.1) is 6.04 Å². The summed E-state index contributed by atoms with van der Waals surface area (Å²) >= 11 is 1.80. The second-order valence-electron chi connectivity index (χ2n) is 4.33. The van der Waals surface area contributed by atoms with Gasteiger partial charge in [-0.05, 0) is 42.5 Å². The highest BCUT2D eigenvalue weighted by Crippen LogP contribution is 2.23. The van der Waals surface area contributed by atoms with E-state index in [2.05, 4.69) is 60.9 Å². The van der Waals surface area contributed by atoms with Crippen LogP contribution >= 0.6 is 11.3 Å². The zero-order chi connectivity index (χ0) is 12.1. The van der Waals surface area contributed by atoms with Crippen LogP contribution in [0.1, 0.15) is 36.8 Å². The fraction of sp³-hybridized carbons (Fsp3) is 0.333. The van der Waals surface area contributed by atoms with E-state index in [0.29, 0.717) is 6.04 Å². The van der Waals surface area contributed by atoms with Crippen molar-refractivity contribution in [3.63, 3.8) is 0 Å². The van der Waals surface area contributed by atoms with Gasteiger partial charge >= 0.3 is 0 Å². The van der Waals surface area contributed by atoms with Crippen molar-refractivity contribution in [2.75, 3.05) is 5.32 Å². The molecular weight excluding hydrogens is 226 g/mol. The largest absolute Gasteiger partial charge is 0.378 e. The predicted molar refractivity (Wildman–Crippen MR) is 76.8 cm³/mol. The topological polar surface area (TPSA) is 12.0 Å². The van der Waals surface area contributed by atoms with E-state index in [1.165, 1.54) is 29.0 Å². The minimum atomic E-state index is 0.382. The van der Waals surface area contributed by atoms with Gasteiger partial charge in [-0.15, -0.1) is 11.3 Å². The molecule has 1 heterocycles. The monoisotopic (exact) mass is 245 g/mol.